The molecule has 0 unspecified atom stereocenters. The van der Waals surface area contributed by atoms with Gasteiger partial charge in [-0.25, -0.2) is 4.98 Å². The molecule has 3 rings (SSSR count). The molecule has 138 valence electrons. The molecule has 0 saturated carbocycles. The van der Waals surface area contributed by atoms with Crippen molar-refractivity contribution in [3.05, 3.63) is 51.9 Å². The van der Waals surface area contributed by atoms with E-state index in [1.807, 2.05) is 30.3 Å². The maximum Gasteiger partial charge on any atom is 0.257 e. The number of ether oxygens (including phenoxy) is 1. The van der Waals surface area contributed by atoms with Crippen LogP contribution in [-0.2, 0) is 22.5 Å². The Kier molecular flexibility index (Phi) is 5.80. The van der Waals surface area contributed by atoms with Crippen molar-refractivity contribution in [2.24, 2.45) is 0 Å². The summed E-state index contributed by atoms with van der Waals surface area (Å²) < 4.78 is 6.70. The number of hydrogen-bond acceptors (Lipinski definition) is 5. The van der Waals surface area contributed by atoms with Crippen LogP contribution in [0.1, 0.15) is 11.3 Å². The number of morpholine rings is 1. The number of hydrogen-bond donors (Lipinski definition) is 1. The van der Waals surface area contributed by atoms with Gasteiger partial charge in [0, 0.05) is 42.9 Å². The smallest absolute Gasteiger partial charge is 0.257 e. The van der Waals surface area contributed by atoms with Gasteiger partial charge in [-0.3, -0.25) is 14.2 Å². The van der Waals surface area contributed by atoms with Gasteiger partial charge in [-0.15, -0.1) is 0 Å². The molecule has 1 N–H and O–H groups in total. The maximum absolute atomic E-state index is 13.0. The first-order valence-corrected chi connectivity index (χ1v) is 8.74. The molecule has 1 aliphatic heterocycles. The van der Waals surface area contributed by atoms with Gasteiger partial charge in [-0.05, 0) is 6.92 Å². The van der Waals surface area contributed by atoms with Crippen LogP contribution in [0.4, 0.5) is 0 Å². The number of aromatic nitrogens is 2. The third-order valence-electron chi connectivity index (χ3n) is 4.52. The number of aliphatic hydroxyl groups excluding tert-OH is 1. The van der Waals surface area contributed by atoms with Crippen molar-refractivity contribution in [2.75, 3.05) is 32.9 Å². The first-order chi connectivity index (χ1) is 12.6. The van der Waals surface area contributed by atoms with Crippen LogP contribution in [0.2, 0.25) is 0 Å². The number of aliphatic hydroxyl groups is 1. The summed E-state index contributed by atoms with van der Waals surface area (Å²) in [4.78, 5) is 32.0. The van der Waals surface area contributed by atoms with E-state index in [-0.39, 0.29) is 31.0 Å². The molecule has 7 nitrogen and oxygen atoms in total. The highest BCUT2D eigenvalue weighted by Crippen LogP contribution is 2.17. The van der Waals surface area contributed by atoms with Gasteiger partial charge in [0.05, 0.1) is 13.2 Å². The molecule has 1 saturated heterocycles. The molecule has 0 spiro atoms. The van der Waals surface area contributed by atoms with Crippen LogP contribution in [0.5, 0.6) is 0 Å². The average molecular weight is 357 g/mol. The molecule has 0 radical (unpaired) electrons. The number of nitrogens with zero attached hydrogens (tertiary/aromatic N) is 3. The molecule has 2 heterocycles. The summed E-state index contributed by atoms with van der Waals surface area (Å²) in [5, 5.41) is 9.27. The van der Waals surface area contributed by atoms with Crippen molar-refractivity contribution in [1.29, 1.82) is 0 Å². The summed E-state index contributed by atoms with van der Waals surface area (Å²) in [6.07, 6.45) is 0.221. The highest BCUT2D eigenvalue weighted by atomic mass is 16.5. The Labute approximate surface area is 151 Å². The summed E-state index contributed by atoms with van der Waals surface area (Å²) in [6, 6.07) is 9.35. The Morgan fingerprint density at radius 3 is 2.58 bits per heavy atom. The fourth-order valence-corrected chi connectivity index (χ4v) is 3.10. The molecule has 1 fully saturated rings. The van der Waals surface area contributed by atoms with E-state index in [4.69, 9.17) is 4.74 Å². The zero-order chi connectivity index (χ0) is 18.5. The van der Waals surface area contributed by atoms with Gasteiger partial charge in [0.15, 0.2) is 0 Å². The normalized spacial score (nSPS) is 14.5. The Hall–Kier alpha value is -2.51. The highest BCUT2D eigenvalue weighted by Gasteiger charge is 2.21. The van der Waals surface area contributed by atoms with Gasteiger partial charge in [0.2, 0.25) is 5.91 Å². The fourth-order valence-electron chi connectivity index (χ4n) is 3.10. The van der Waals surface area contributed by atoms with Crippen LogP contribution in [0.3, 0.4) is 0 Å². The van der Waals surface area contributed by atoms with Crippen LogP contribution in [0, 0.1) is 6.92 Å². The minimum absolute atomic E-state index is 0.0746. The van der Waals surface area contributed by atoms with Crippen molar-refractivity contribution in [3.63, 3.8) is 0 Å². The molecule has 1 amide bonds. The second kappa shape index (κ2) is 8.25. The second-order valence-corrected chi connectivity index (χ2v) is 6.22. The fraction of sp³-hybridized carbons (Fsp3) is 0.421. The number of amides is 1. The van der Waals surface area contributed by atoms with Crippen LogP contribution in [0.25, 0.3) is 11.4 Å². The molecule has 1 aromatic carbocycles. The van der Waals surface area contributed by atoms with Gasteiger partial charge in [0.25, 0.3) is 5.56 Å². The number of rotatable bonds is 5. The van der Waals surface area contributed by atoms with Gasteiger partial charge >= 0.3 is 0 Å². The maximum atomic E-state index is 13.0. The van der Waals surface area contributed by atoms with Gasteiger partial charge in [0.1, 0.15) is 12.4 Å². The van der Waals surface area contributed by atoms with Crippen molar-refractivity contribution < 1.29 is 14.6 Å². The molecule has 1 aliphatic rings. The summed E-state index contributed by atoms with van der Waals surface area (Å²) in [6.45, 7) is 3.61. The lowest BCUT2D eigenvalue weighted by Crippen LogP contribution is -2.44. The first-order valence-electron chi connectivity index (χ1n) is 8.74. The second-order valence-electron chi connectivity index (χ2n) is 6.22. The Morgan fingerprint density at radius 1 is 1.23 bits per heavy atom. The van der Waals surface area contributed by atoms with E-state index in [0.717, 1.165) is 5.56 Å². The van der Waals surface area contributed by atoms with Crippen LogP contribution < -0.4 is 5.56 Å². The van der Waals surface area contributed by atoms with Crippen molar-refractivity contribution in [1.82, 2.24) is 14.5 Å². The lowest BCUT2D eigenvalue weighted by molar-refractivity contribution is -0.135. The molecular formula is C19H23N3O4. The Balaban J connectivity index is 2.03. The Bertz CT molecular complexity index is 827. The third kappa shape index (κ3) is 3.84. The number of carbonyl (C=O) groups excluding carboxylic acids is 1. The van der Waals surface area contributed by atoms with Gasteiger partial charge in [-0.1, -0.05) is 30.3 Å². The standard InChI is InChI=1S/C19H23N3O4/c1-14-16(7-10-23)19(25)22(13-17(24)21-8-11-26-12-9-21)18(20-14)15-5-3-2-4-6-15/h2-6,23H,7-13H2,1H3. The van der Waals surface area contributed by atoms with E-state index in [9.17, 15) is 14.7 Å². The lowest BCUT2D eigenvalue weighted by atomic mass is 10.1. The minimum Gasteiger partial charge on any atom is -0.396 e. The SMILES string of the molecule is Cc1nc(-c2ccccc2)n(CC(=O)N2CCOCC2)c(=O)c1CCO. The summed E-state index contributed by atoms with van der Waals surface area (Å²) >= 11 is 0. The van der Waals surface area contributed by atoms with Crippen molar-refractivity contribution in [2.45, 2.75) is 19.9 Å². The monoisotopic (exact) mass is 357 g/mol. The van der Waals surface area contributed by atoms with E-state index in [0.29, 0.717) is 43.4 Å². The van der Waals surface area contributed by atoms with E-state index < -0.39 is 0 Å². The zero-order valence-corrected chi connectivity index (χ0v) is 14.9. The highest BCUT2D eigenvalue weighted by molar-refractivity contribution is 5.77. The predicted molar refractivity (Wildman–Crippen MR) is 96.9 cm³/mol. The van der Waals surface area contributed by atoms with Crippen LogP contribution in [-0.4, -0.2) is 58.4 Å². The zero-order valence-electron chi connectivity index (χ0n) is 14.9. The summed E-state index contributed by atoms with van der Waals surface area (Å²) in [5.41, 5.74) is 1.53. The van der Waals surface area contributed by atoms with Gasteiger partial charge in [-0.2, -0.15) is 0 Å². The third-order valence-corrected chi connectivity index (χ3v) is 4.52. The lowest BCUT2D eigenvalue weighted by Gasteiger charge is -2.27. The number of benzene rings is 1. The molecule has 7 heteroatoms. The molecule has 0 bridgehead atoms. The van der Waals surface area contributed by atoms with Gasteiger partial charge < -0.3 is 14.7 Å². The van der Waals surface area contributed by atoms with E-state index in [2.05, 4.69) is 4.98 Å². The topological polar surface area (TPSA) is 84.7 Å². The number of aryl methyl sites for hydroxylation is 1. The largest absolute Gasteiger partial charge is 0.396 e. The van der Waals surface area contributed by atoms with Crippen molar-refractivity contribution >= 4 is 5.91 Å². The van der Waals surface area contributed by atoms with Crippen LogP contribution >= 0.6 is 0 Å². The molecular weight excluding hydrogens is 334 g/mol. The van der Waals surface area contributed by atoms with Crippen LogP contribution in [0.15, 0.2) is 35.1 Å². The predicted octanol–water partition coefficient (Wildman–Crippen LogP) is 0.612. The molecule has 0 aliphatic carbocycles. The first kappa shape index (κ1) is 18.3. The summed E-state index contributed by atoms with van der Waals surface area (Å²) in [7, 11) is 0. The van der Waals surface area contributed by atoms with E-state index in [1.54, 1.807) is 11.8 Å². The average Bonchev–Trinajstić information content (AvgIpc) is 2.68. The quantitative estimate of drug-likeness (QED) is 0.848. The minimum atomic E-state index is -0.271. The van der Waals surface area contributed by atoms with E-state index in [1.165, 1.54) is 4.57 Å². The Morgan fingerprint density at radius 2 is 1.92 bits per heavy atom. The number of carbonyl (C=O) groups is 1. The van der Waals surface area contributed by atoms with Crippen molar-refractivity contribution in [3.8, 4) is 11.4 Å². The molecule has 2 aromatic rings. The van der Waals surface area contributed by atoms with E-state index >= 15 is 0 Å². The molecule has 26 heavy (non-hydrogen) atoms. The molecule has 0 atom stereocenters. The molecule has 1 aromatic heterocycles. The summed E-state index contributed by atoms with van der Waals surface area (Å²) in [5.74, 6) is 0.338.